The number of benzene rings is 3. The minimum atomic E-state index is -0.0688. The second-order valence-corrected chi connectivity index (χ2v) is 10.9. The zero-order valence-corrected chi connectivity index (χ0v) is 23.4. The van der Waals surface area contributed by atoms with Crippen molar-refractivity contribution in [1.29, 1.82) is 0 Å². The lowest BCUT2D eigenvalue weighted by molar-refractivity contribution is -0.131. The van der Waals surface area contributed by atoms with Gasteiger partial charge in [-0.15, -0.1) is 0 Å². The van der Waals surface area contributed by atoms with E-state index < -0.39 is 0 Å². The molecule has 1 unspecified atom stereocenters. The lowest BCUT2D eigenvalue weighted by Gasteiger charge is -2.33. The number of hydrogen-bond acceptors (Lipinski definition) is 3. The molecule has 190 valence electrons. The van der Waals surface area contributed by atoms with E-state index in [1.165, 1.54) is 12.8 Å². The van der Waals surface area contributed by atoms with Gasteiger partial charge in [0.05, 0.1) is 32.7 Å². The molecule has 3 aromatic carbocycles. The van der Waals surface area contributed by atoms with E-state index in [0.717, 1.165) is 42.0 Å². The van der Waals surface area contributed by atoms with Crippen LogP contribution in [0.25, 0.3) is 11.1 Å². The van der Waals surface area contributed by atoms with E-state index in [0.29, 0.717) is 20.1 Å². The van der Waals surface area contributed by atoms with Gasteiger partial charge in [0.15, 0.2) is 0 Å². The van der Waals surface area contributed by atoms with Crippen molar-refractivity contribution in [2.24, 2.45) is 0 Å². The molecular formula is C28H29Cl4N3O. The van der Waals surface area contributed by atoms with Crippen LogP contribution in [-0.2, 0) is 4.79 Å². The average molecular weight is 565 g/mol. The van der Waals surface area contributed by atoms with Gasteiger partial charge in [-0.25, -0.2) is 0 Å². The van der Waals surface area contributed by atoms with Gasteiger partial charge in [-0.1, -0.05) is 76.7 Å². The van der Waals surface area contributed by atoms with Crippen molar-refractivity contribution in [2.45, 2.75) is 18.9 Å². The van der Waals surface area contributed by atoms with Crippen molar-refractivity contribution < 1.29 is 4.79 Å². The molecule has 0 radical (unpaired) electrons. The van der Waals surface area contributed by atoms with Gasteiger partial charge in [-0.05, 0) is 73.0 Å². The van der Waals surface area contributed by atoms with E-state index in [4.69, 9.17) is 46.4 Å². The molecule has 1 heterocycles. The molecule has 0 N–H and O–H groups in total. The number of amides is 1. The van der Waals surface area contributed by atoms with E-state index >= 15 is 0 Å². The highest BCUT2D eigenvalue weighted by Crippen LogP contribution is 2.31. The molecule has 1 atom stereocenters. The Labute approximate surface area is 233 Å². The molecule has 0 aliphatic carbocycles. The Morgan fingerprint density at radius 3 is 2.00 bits per heavy atom. The molecule has 36 heavy (non-hydrogen) atoms. The van der Waals surface area contributed by atoms with Crippen molar-refractivity contribution in [3.05, 3.63) is 86.3 Å². The molecular weight excluding hydrogens is 536 g/mol. The standard InChI is InChI=1S/C28H29Cl4N3O/c1-33(22-10-12-24(30)26(32)16-22)18-28(36)34(2)27(17-35-13-3-4-14-35)20-7-5-19(6-8-20)21-9-11-23(29)25(31)15-21/h5-12,15-16,27H,3-4,13-14,17-18H2,1-2H3. The predicted molar refractivity (Wildman–Crippen MR) is 153 cm³/mol. The molecule has 3 aromatic rings. The van der Waals surface area contributed by atoms with Gasteiger partial charge in [-0.2, -0.15) is 0 Å². The minimum Gasteiger partial charge on any atom is -0.365 e. The number of anilines is 1. The van der Waals surface area contributed by atoms with Gasteiger partial charge >= 0.3 is 0 Å². The number of carbonyl (C=O) groups is 1. The molecule has 0 bridgehead atoms. The number of likely N-dealkylation sites (tertiary alicyclic amines) is 1. The molecule has 1 aliphatic heterocycles. The molecule has 8 heteroatoms. The third-order valence-electron chi connectivity index (χ3n) is 6.76. The Morgan fingerprint density at radius 1 is 0.806 bits per heavy atom. The second-order valence-electron chi connectivity index (χ2n) is 9.23. The molecule has 0 saturated carbocycles. The van der Waals surface area contributed by atoms with Gasteiger partial charge < -0.3 is 14.7 Å². The Balaban J connectivity index is 1.53. The molecule has 4 rings (SSSR count). The van der Waals surface area contributed by atoms with E-state index in [1.807, 2.05) is 42.1 Å². The summed E-state index contributed by atoms with van der Waals surface area (Å²) in [5, 5.41) is 2.03. The van der Waals surface area contributed by atoms with E-state index in [2.05, 4.69) is 29.2 Å². The Morgan fingerprint density at radius 2 is 1.39 bits per heavy atom. The summed E-state index contributed by atoms with van der Waals surface area (Å²) >= 11 is 24.5. The topological polar surface area (TPSA) is 26.8 Å². The summed E-state index contributed by atoms with van der Waals surface area (Å²) in [6, 6.07) is 19.3. The smallest absolute Gasteiger partial charge is 0.242 e. The number of hydrogen-bond donors (Lipinski definition) is 0. The maximum atomic E-state index is 13.4. The number of likely N-dealkylation sites (N-methyl/N-ethyl adjacent to an activating group) is 2. The van der Waals surface area contributed by atoms with Crippen LogP contribution in [0.15, 0.2) is 60.7 Å². The van der Waals surface area contributed by atoms with Crippen LogP contribution in [-0.4, -0.2) is 56.0 Å². The SMILES string of the molecule is CN(CC(=O)N(C)C(CN1CCCC1)c1ccc(-c2ccc(Cl)c(Cl)c2)cc1)c1ccc(Cl)c(Cl)c1. The van der Waals surface area contributed by atoms with Crippen molar-refractivity contribution in [3.63, 3.8) is 0 Å². The Kier molecular flexibility index (Phi) is 9.08. The monoisotopic (exact) mass is 563 g/mol. The molecule has 1 fully saturated rings. The van der Waals surface area contributed by atoms with Gasteiger partial charge in [0, 0.05) is 26.3 Å². The summed E-state index contributed by atoms with van der Waals surface area (Å²) in [6.45, 7) is 3.14. The zero-order chi connectivity index (χ0) is 25.8. The third-order valence-corrected chi connectivity index (χ3v) is 8.23. The van der Waals surface area contributed by atoms with Gasteiger partial charge in [0.2, 0.25) is 5.91 Å². The van der Waals surface area contributed by atoms with Crippen molar-refractivity contribution in [2.75, 3.05) is 45.2 Å². The van der Waals surface area contributed by atoms with Crippen LogP contribution in [0.1, 0.15) is 24.4 Å². The highest BCUT2D eigenvalue weighted by Gasteiger charge is 2.26. The summed E-state index contributed by atoms with van der Waals surface area (Å²) in [6.07, 6.45) is 2.39. The fourth-order valence-electron chi connectivity index (χ4n) is 4.54. The Bertz CT molecular complexity index is 1210. The van der Waals surface area contributed by atoms with Crippen LogP contribution in [0.5, 0.6) is 0 Å². The van der Waals surface area contributed by atoms with Crippen LogP contribution >= 0.6 is 46.4 Å². The third kappa shape index (κ3) is 6.48. The first kappa shape index (κ1) is 27.1. The second kappa shape index (κ2) is 12.1. The van der Waals surface area contributed by atoms with Gasteiger partial charge in [0.25, 0.3) is 0 Å². The maximum absolute atomic E-state index is 13.4. The fraction of sp³-hybridized carbons (Fsp3) is 0.321. The van der Waals surface area contributed by atoms with Crippen LogP contribution in [0, 0.1) is 0 Å². The predicted octanol–water partition coefficient (Wildman–Crippen LogP) is 7.70. The largest absolute Gasteiger partial charge is 0.365 e. The zero-order valence-electron chi connectivity index (χ0n) is 20.4. The summed E-state index contributed by atoms with van der Waals surface area (Å²) in [5.41, 5.74) is 3.98. The first-order valence-corrected chi connectivity index (χ1v) is 13.4. The molecule has 1 saturated heterocycles. The summed E-state index contributed by atoms with van der Waals surface area (Å²) < 4.78 is 0. The van der Waals surface area contributed by atoms with E-state index in [1.54, 1.807) is 18.2 Å². The fourth-order valence-corrected chi connectivity index (χ4v) is 5.13. The quantitative estimate of drug-likeness (QED) is 0.280. The normalized spacial score (nSPS) is 14.6. The Hall–Kier alpha value is -1.95. The molecule has 0 spiro atoms. The lowest BCUT2D eigenvalue weighted by atomic mass is 9.99. The summed E-state index contributed by atoms with van der Waals surface area (Å²) in [4.78, 5) is 19.6. The summed E-state index contributed by atoms with van der Waals surface area (Å²) in [7, 11) is 3.77. The van der Waals surface area contributed by atoms with E-state index in [9.17, 15) is 4.79 Å². The summed E-state index contributed by atoms with van der Waals surface area (Å²) in [5.74, 6) is 0.0290. The molecule has 4 nitrogen and oxygen atoms in total. The number of carbonyl (C=O) groups excluding carboxylic acids is 1. The van der Waals surface area contributed by atoms with Crippen LogP contribution in [0.2, 0.25) is 20.1 Å². The molecule has 1 aliphatic rings. The molecule has 1 amide bonds. The van der Waals surface area contributed by atoms with Gasteiger partial charge in [0.1, 0.15) is 0 Å². The first-order chi connectivity index (χ1) is 17.2. The van der Waals surface area contributed by atoms with Crippen molar-refractivity contribution in [1.82, 2.24) is 9.80 Å². The van der Waals surface area contributed by atoms with E-state index in [-0.39, 0.29) is 18.5 Å². The minimum absolute atomic E-state index is 0.0290. The average Bonchev–Trinajstić information content (AvgIpc) is 3.39. The number of halogens is 4. The lowest BCUT2D eigenvalue weighted by Crippen LogP contribution is -2.42. The van der Waals surface area contributed by atoms with Gasteiger partial charge in [-0.3, -0.25) is 4.79 Å². The first-order valence-electron chi connectivity index (χ1n) is 11.9. The van der Waals surface area contributed by atoms with Crippen molar-refractivity contribution in [3.8, 4) is 11.1 Å². The molecule has 0 aromatic heterocycles. The number of rotatable bonds is 8. The number of nitrogens with zero attached hydrogens (tertiary/aromatic N) is 3. The van der Waals surface area contributed by atoms with Crippen LogP contribution in [0.3, 0.4) is 0 Å². The maximum Gasteiger partial charge on any atom is 0.242 e. The van der Waals surface area contributed by atoms with Crippen molar-refractivity contribution >= 4 is 58.0 Å². The highest BCUT2D eigenvalue weighted by molar-refractivity contribution is 6.42. The van der Waals surface area contributed by atoms with Crippen LogP contribution < -0.4 is 4.90 Å². The van der Waals surface area contributed by atoms with Crippen LogP contribution in [0.4, 0.5) is 5.69 Å². The highest BCUT2D eigenvalue weighted by atomic mass is 35.5.